The van der Waals surface area contributed by atoms with Gasteiger partial charge in [0.25, 0.3) is 5.91 Å². The van der Waals surface area contributed by atoms with Gasteiger partial charge in [0.2, 0.25) is 5.91 Å². The molecule has 92 valence electrons. The van der Waals surface area contributed by atoms with Crippen molar-refractivity contribution in [3.8, 4) is 0 Å². The number of hydrogen-bond donors (Lipinski definition) is 3. The van der Waals surface area contributed by atoms with E-state index >= 15 is 0 Å². The van der Waals surface area contributed by atoms with E-state index in [1.165, 1.54) is 0 Å². The molecular weight excluding hydrogens is 218 g/mol. The number of carbonyl (C=O) groups is 2. The van der Waals surface area contributed by atoms with E-state index in [0.717, 1.165) is 5.56 Å². The molecule has 0 aliphatic carbocycles. The van der Waals surface area contributed by atoms with Gasteiger partial charge in [-0.15, -0.1) is 0 Å². The second-order valence-corrected chi connectivity index (χ2v) is 3.90. The first-order chi connectivity index (χ1) is 8.00. The summed E-state index contributed by atoms with van der Waals surface area (Å²) in [5.74, 6) is -0.519. The Hall–Kier alpha value is -2.04. The van der Waals surface area contributed by atoms with E-state index in [2.05, 4.69) is 5.32 Å². The third-order valence-corrected chi connectivity index (χ3v) is 2.38. The number of nitrogen functional groups attached to an aromatic ring is 1. The van der Waals surface area contributed by atoms with Crippen molar-refractivity contribution in [3.05, 3.63) is 29.3 Å². The zero-order valence-electron chi connectivity index (χ0n) is 9.82. The van der Waals surface area contributed by atoms with Gasteiger partial charge in [0, 0.05) is 24.2 Å². The Morgan fingerprint density at radius 3 is 2.65 bits per heavy atom. The van der Waals surface area contributed by atoms with Crippen LogP contribution in [0.15, 0.2) is 18.2 Å². The summed E-state index contributed by atoms with van der Waals surface area (Å²) in [6, 6.07) is 5.12. The first kappa shape index (κ1) is 13.0. The molecule has 1 rings (SSSR count). The first-order valence-corrected chi connectivity index (χ1v) is 5.43. The molecule has 0 aliphatic rings. The molecule has 17 heavy (non-hydrogen) atoms. The maximum Gasteiger partial charge on any atom is 0.251 e. The maximum absolute atomic E-state index is 11.8. The fraction of sp³-hybridized carbons (Fsp3) is 0.333. The van der Waals surface area contributed by atoms with Gasteiger partial charge < -0.3 is 16.8 Å². The highest BCUT2D eigenvalue weighted by molar-refractivity contribution is 5.96. The Morgan fingerprint density at radius 1 is 1.35 bits per heavy atom. The van der Waals surface area contributed by atoms with Crippen LogP contribution in [0.5, 0.6) is 0 Å². The van der Waals surface area contributed by atoms with Crippen molar-refractivity contribution < 1.29 is 9.59 Å². The third-order valence-electron chi connectivity index (χ3n) is 2.38. The molecule has 0 aromatic heterocycles. The standard InChI is InChI=1S/C12H17N3O2/c1-8-7-9(13)4-5-10(8)12(17)15-6-2-3-11(14)16/h4-5,7H,2-3,6,13H2,1H3,(H2,14,16)(H,15,17). The van der Waals surface area contributed by atoms with Crippen LogP contribution in [-0.2, 0) is 4.79 Å². The molecule has 0 fully saturated rings. The Bertz CT molecular complexity index is 430. The second-order valence-electron chi connectivity index (χ2n) is 3.90. The summed E-state index contributed by atoms with van der Waals surface area (Å²) < 4.78 is 0. The Labute approximate surface area is 100 Å². The van der Waals surface area contributed by atoms with Crippen molar-refractivity contribution in [3.63, 3.8) is 0 Å². The molecule has 0 radical (unpaired) electrons. The molecule has 5 N–H and O–H groups in total. The van der Waals surface area contributed by atoms with Crippen LogP contribution >= 0.6 is 0 Å². The molecule has 5 heteroatoms. The summed E-state index contributed by atoms with van der Waals surface area (Å²) in [6.45, 7) is 2.26. The Kier molecular flexibility index (Phi) is 4.51. The average molecular weight is 235 g/mol. The molecule has 0 aliphatic heterocycles. The van der Waals surface area contributed by atoms with Crippen molar-refractivity contribution in [2.45, 2.75) is 19.8 Å². The number of anilines is 1. The fourth-order valence-corrected chi connectivity index (χ4v) is 1.50. The van der Waals surface area contributed by atoms with Crippen molar-refractivity contribution in [2.75, 3.05) is 12.3 Å². The molecule has 2 amide bonds. The molecule has 5 nitrogen and oxygen atoms in total. The van der Waals surface area contributed by atoms with E-state index in [1.54, 1.807) is 18.2 Å². The summed E-state index contributed by atoms with van der Waals surface area (Å²) in [5, 5.41) is 2.73. The number of rotatable bonds is 5. The normalized spacial score (nSPS) is 9.94. The van der Waals surface area contributed by atoms with E-state index < -0.39 is 0 Å². The molecule has 0 saturated carbocycles. The third kappa shape index (κ3) is 4.14. The van der Waals surface area contributed by atoms with Crippen LogP contribution in [0.3, 0.4) is 0 Å². The van der Waals surface area contributed by atoms with Crippen LogP contribution < -0.4 is 16.8 Å². The van der Waals surface area contributed by atoms with E-state index in [-0.39, 0.29) is 18.2 Å². The zero-order valence-corrected chi connectivity index (χ0v) is 9.82. The lowest BCUT2D eigenvalue weighted by molar-refractivity contribution is -0.118. The number of hydrogen-bond acceptors (Lipinski definition) is 3. The lowest BCUT2D eigenvalue weighted by atomic mass is 10.1. The van der Waals surface area contributed by atoms with Gasteiger partial charge in [-0.1, -0.05) is 0 Å². The van der Waals surface area contributed by atoms with Gasteiger partial charge in [0.1, 0.15) is 0 Å². The molecule has 1 aromatic carbocycles. The largest absolute Gasteiger partial charge is 0.399 e. The summed E-state index contributed by atoms with van der Waals surface area (Å²) >= 11 is 0. The highest BCUT2D eigenvalue weighted by atomic mass is 16.2. The van der Waals surface area contributed by atoms with Crippen molar-refractivity contribution >= 4 is 17.5 Å². The number of aryl methyl sites for hydroxylation is 1. The van der Waals surface area contributed by atoms with Crippen LogP contribution in [0.4, 0.5) is 5.69 Å². The van der Waals surface area contributed by atoms with E-state index in [9.17, 15) is 9.59 Å². The maximum atomic E-state index is 11.8. The van der Waals surface area contributed by atoms with Gasteiger partial charge in [-0.3, -0.25) is 9.59 Å². The smallest absolute Gasteiger partial charge is 0.251 e. The fourth-order valence-electron chi connectivity index (χ4n) is 1.50. The van der Waals surface area contributed by atoms with Gasteiger partial charge >= 0.3 is 0 Å². The van der Waals surface area contributed by atoms with Crippen molar-refractivity contribution in [1.29, 1.82) is 0 Å². The summed E-state index contributed by atoms with van der Waals surface area (Å²) in [7, 11) is 0. The SMILES string of the molecule is Cc1cc(N)ccc1C(=O)NCCCC(N)=O. The van der Waals surface area contributed by atoms with E-state index in [0.29, 0.717) is 24.2 Å². The topological polar surface area (TPSA) is 98.2 Å². The highest BCUT2D eigenvalue weighted by Crippen LogP contribution is 2.12. The molecule has 0 saturated heterocycles. The van der Waals surface area contributed by atoms with Gasteiger partial charge in [-0.2, -0.15) is 0 Å². The van der Waals surface area contributed by atoms with Crippen LogP contribution in [0.25, 0.3) is 0 Å². The molecule has 1 aromatic rings. The Balaban J connectivity index is 2.50. The van der Waals surface area contributed by atoms with E-state index in [4.69, 9.17) is 11.5 Å². The van der Waals surface area contributed by atoms with Gasteiger partial charge in [-0.25, -0.2) is 0 Å². The minimum Gasteiger partial charge on any atom is -0.399 e. The minimum atomic E-state index is -0.358. The number of primary amides is 1. The molecule has 0 bridgehead atoms. The number of benzene rings is 1. The van der Waals surface area contributed by atoms with Crippen LogP contribution in [0.1, 0.15) is 28.8 Å². The number of amides is 2. The highest BCUT2D eigenvalue weighted by Gasteiger charge is 2.08. The monoisotopic (exact) mass is 235 g/mol. The van der Waals surface area contributed by atoms with Gasteiger partial charge in [0.15, 0.2) is 0 Å². The predicted molar refractivity (Wildman–Crippen MR) is 66.4 cm³/mol. The summed E-state index contributed by atoms with van der Waals surface area (Å²) in [5.41, 5.74) is 12.7. The summed E-state index contributed by atoms with van der Waals surface area (Å²) in [6.07, 6.45) is 0.829. The van der Waals surface area contributed by atoms with Crippen molar-refractivity contribution in [2.24, 2.45) is 5.73 Å². The second kappa shape index (κ2) is 5.89. The summed E-state index contributed by atoms with van der Waals surface area (Å²) in [4.78, 5) is 22.3. The minimum absolute atomic E-state index is 0.160. The van der Waals surface area contributed by atoms with Gasteiger partial charge in [0.05, 0.1) is 0 Å². The lowest BCUT2D eigenvalue weighted by Crippen LogP contribution is -2.26. The van der Waals surface area contributed by atoms with Crippen LogP contribution in [-0.4, -0.2) is 18.4 Å². The molecular formula is C12H17N3O2. The zero-order chi connectivity index (χ0) is 12.8. The Morgan fingerprint density at radius 2 is 2.06 bits per heavy atom. The van der Waals surface area contributed by atoms with Gasteiger partial charge in [-0.05, 0) is 37.1 Å². The lowest BCUT2D eigenvalue weighted by Gasteiger charge is -2.07. The molecule has 0 heterocycles. The van der Waals surface area contributed by atoms with E-state index in [1.807, 2.05) is 6.92 Å². The van der Waals surface area contributed by atoms with Crippen LogP contribution in [0, 0.1) is 6.92 Å². The number of carbonyl (C=O) groups excluding carboxylic acids is 2. The van der Waals surface area contributed by atoms with Crippen LogP contribution in [0.2, 0.25) is 0 Å². The quantitative estimate of drug-likeness (QED) is 0.514. The first-order valence-electron chi connectivity index (χ1n) is 5.43. The molecule has 0 unspecified atom stereocenters. The average Bonchev–Trinajstić information content (AvgIpc) is 2.23. The number of nitrogens with two attached hydrogens (primary N) is 2. The number of nitrogens with one attached hydrogen (secondary N) is 1. The van der Waals surface area contributed by atoms with Crippen molar-refractivity contribution in [1.82, 2.24) is 5.32 Å². The molecule has 0 spiro atoms. The predicted octanol–water partition coefficient (Wildman–Crippen LogP) is 0.573. The molecule has 0 atom stereocenters.